The number of carboxylic acid groups (broad SMARTS) is 1. The molecule has 0 radical (unpaired) electrons. The lowest BCUT2D eigenvalue weighted by Gasteiger charge is -2.10. The first kappa shape index (κ1) is 9.57. The van der Waals surface area contributed by atoms with Crippen LogP contribution in [-0.2, 0) is 4.79 Å². The number of nitrogens with two attached hydrogens (primary N) is 1. The SMILES string of the molecule is CCCC(C(=O)O)n1ccc(N)n1. The third kappa shape index (κ3) is 2.21. The van der Waals surface area contributed by atoms with Crippen molar-refractivity contribution < 1.29 is 9.90 Å². The number of carboxylic acids is 1. The quantitative estimate of drug-likeness (QED) is 0.726. The fourth-order valence-corrected chi connectivity index (χ4v) is 1.17. The van der Waals surface area contributed by atoms with Crippen LogP contribution >= 0.6 is 0 Å². The van der Waals surface area contributed by atoms with Crippen LogP contribution in [0.15, 0.2) is 12.3 Å². The topological polar surface area (TPSA) is 81.1 Å². The Morgan fingerprint density at radius 1 is 1.85 bits per heavy atom. The molecule has 0 spiro atoms. The Kier molecular flexibility index (Phi) is 2.89. The zero-order chi connectivity index (χ0) is 9.84. The summed E-state index contributed by atoms with van der Waals surface area (Å²) in [6.45, 7) is 1.93. The van der Waals surface area contributed by atoms with Crippen molar-refractivity contribution in [2.75, 3.05) is 5.73 Å². The maximum absolute atomic E-state index is 10.8. The number of anilines is 1. The standard InChI is InChI=1S/C8H13N3O2/c1-2-3-6(8(12)13)11-5-4-7(9)10-11/h4-6H,2-3H2,1H3,(H2,9,10)(H,12,13). The highest BCUT2D eigenvalue weighted by Crippen LogP contribution is 2.13. The molecule has 0 aliphatic carbocycles. The lowest BCUT2D eigenvalue weighted by atomic mass is 10.2. The molecule has 0 fully saturated rings. The molecule has 1 heterocycles. The van der Waals surface area contributed by atoms with Crippen LogP contribution in [0.5, 0.6) is 0 Å². The van der Waals surface area contributed by atoms with E-state index in [0.29, 0.717) is 12.2 Å². The van der Waals surface area contributed by atoms with Crippen molar-refractivity contribution in [3.63, 3.8) is 0 Å². The van der Waals surface area contributed by atoms with Gasteiger partial charge < -0.3 is 10.8 Å². The highest BCUT2D eigenvalue weighted by molar-refractivity contribution is 5.71. The van der Waals surface area contributed by atoms with Gasteiger partial charge in [0.25, 0.3) is 0 Å². The summed E-state index contributed by atoms with van der Waals surface area (Å²) in [4.78, 5) is 10.8. The van der Waals surface area contributed by atoms with Crippen molar-refractivity contribution in [3.05, 3.63) is 12.3 Å². The first-order valence-corrected chi connectivity index (χ1v) is 4.18. The number of rotatable bonds is 4. The molecule has 0 saturated heterocycles. The Balaban J connectivity index is 2.81. The molecule has 5 nitrogen and oxygen atoms in total. The van der Waals surface area contributed by atoms with E-state index in [4.69, 9.17) is 10.8 Å². The molecule has 0 saturated carbocycles. The Bertz CT molecular complexity index is 295. The zero-order valence-corrected chi connectivity index (χ0v) is 7.47. The van der Waals surface area contributed by atoms with E-state index >= 15 is 0 Å². The Labute approximate surface area is 76.2 Å². The van der Waals surface area contributed by atoms with Gasteiger partial charge in [-0.2, -0.15) is 5.10 Å². The summed E-state index contributed by atoms with van der Waals surface area (Å²) >= 11 is 0. The van der Waals surface area contributed by atoms with Gasteiger partial charge in [0.2, 0.25) is 0 Å². The molecule has 3 N–H and O–H groups in total. The van der Waals surface area contributed by atoms with Crippen LogP contribution in [0.2, 0.25) is 0 Å². The second-order valence-corrected chi connectivity index (χ2v) is 2.86. The van der Waals surface area contributed by atoms with Gasteiger partial charge in [0.1, 0.15) is 11.9 Å². The summed E-state index contributed by atoms with van der Waals surface area (Å²) in [5.41, 5.74) is 5.39. The molecular weight excluding hydrogens is 170 g/mol. The molecule has 0 aliphatic heterocycles. The molecule has 1 aromatic heterocycles. The summed E-state index contributed by atoms with van der Waals surface area (Å²) in [6, 6.07) is 0.994. The molecule has 0 amide bonds. The van der Waals surface area contributed by atoms with Crippen molar-refractivity contribution in [2.45, 2.75) is 25.8 Å². The van der Waals surface area contributed by atoms with Gasteiger partial charge in [-0.05, 0) is 12.5 Å². The van der Waals surface area contributed by atoms with E-state index in [1.807, 2.05) is 6.92 Å². The number of aromatic nitrogens is 2. The van der Waals surface area contributed by atoms with Gasteiger partial charge in [0.05, 0.1) is 0 Å². The smallest absolute Gasteiger partial charge is 0.328 e. The second kappa shape index (κ2) is 3.93. The molecular formula is C8H13N3O2. The summed E-state index contributed by atoms with van der Waals surface area (Å²) < 4.78 is 1.39. The van der Waals surface area contributed by atoms with Gasteiger partial charge >= 0.3 is 5.97 Å². The predicted octanol–water partition coefficient (Wildman–Crippen LogP) is 0.891. The molecule has 5 heteroatoms. The molecule has 0 bridgehead atoms. The van der Waals surface area contributed by atoms with E-state index in [1.54, 1.807) is 12.3 Å². The first-order chi connectivity index (χ1) is 6.15. The summed E-state index contributed by atoms with van der Waals surface area (Å²) in [5, 5.41) is 12.7. The number of nitrogen functional groups attached to an aromatic ring is 1. The third-order valence-electron chi connectivity index (χ3n) is 1.80. The minimum absolute atomic E-state index is 0.349. The Hall–Kier alpha value is -1.52. The molecule has 1 unspecified atom stereocenters. The van der Waals surface area contributed by atoms with Crippen molar-refractivity contribution in [2.24, 2.45) is 0 Å². The van der Waals surface area contributed by atoms with Crippen molar-refractivity contribution in [1.29, 1.82) is 0 Å². The van der Waals surface area contributed by atoms with Gasteiger partial charge in [0, 0.05) is 6.20 Å². The van der Waals surface area contributed by atoms with Crippen molar-refractivity contribution in [1.82, 2.24) is 9.78 Å². The fourth-order valence-electron chi connectivity index (χ4n) is 1.17. The van der Waals surface area contributed by atoms with Crippen LogP contribution in [0.3, 0.4) is 0 Å². The maximum Gasteiger partial charge on any atom is 0.328 e. The Morgan fingerprint density at radius 2 is 2.54 bits per heavy atom. The minimum atomic E-state index is -0.870. The van der Waals surface area contributed by atoms with Gasteiger partial charge in [-0.25, -0.2) is 4.79 Å². The lowest BCUT2D eigenvalue weighted by molar-refractivity contribution is -0.141. The molecule has 1 rings (SSSR count). The predicted molar refractivity (Wildman–Crippen MR) is 48.2 cm³/mol. The molecule has 0 aliphatic rings. The average Bonchev–Trinajstić information content (AvgIpc) is 2.46. The van der Waals surface area contributed by atoms with Crippen LogP contribution in [0.1, 0.15) is 25.8 Å². The monoisotopic (exact) mass is 183 g/mol. The molecule has 72 valence electrons. The molecule has 1 atom stereocenters. The van der Waals surface area contributed by atoms with E-state index in [2.05, 4.69) is 5.10 Å². The van der Waals surface area contributed by atoms with Crippen LogP contribution in [-0.4, -0.2) is 20.9 Å². The summed E-state index contributed by atoms with van der Waals surface area (Å²) in [7, 11) is 0. The van der Waals surface area contributed by atoms with E-state index < -0.39 is 12.0 Å². The van der Waals surface area contributed by atoms with Gasteiger partial charge in [-0.15, -0.1) is 0 Å². The number of hydrogen-bond donors (Lipinski definition) is 2. The second-order valence-electron chi connectivity index (χ2n) is 2.86. The van der Waals surface area contributed by atoms with Gasteiger partial charge in [-0.3, -0.25) is 4.68 Å². The molecule has 13 heavy (non-hydrogen) atoms. The van der Waals surface area contributed by atoms with Gasteiger partial charge in [-0.1, -0.05) is 13.3 Å². The largest absolute Gasteiger partial charge is 0.480 e. The minimum Gasteiger partial charge on any atom is -0.480 e. The lowest BCUT2D eigenvalue weighted by Crippen LogP contribution is -2.19. The van der Waals surface area contributed by atoms with Crippen molar-refractivity contribution in [3.8, 4) is 0 Å². The molecule has 1 aromatic rings. The van der Waals surface area contributed by atoms with Crippen LogP contribution in [0, 0.1) is 0 Å². The number of carbonyl (C=O) groups is 1. The van der Waals surface area contributed by atoms with E-state index in [1.165, 1.54) is 4.68 Å². The maximum atomic E-state index is 10.8. The highest BCUT2D eigenvalue weighted by Gasteiger charge is 2.18. The fraction of sp³-hybridized carbons (Fsp3) is 0.500. The number of hydrogen-bond acceptors (Lipinski definition) is 3. The van der Waals surface area contributed by atoms with E-state index in [9.17, 15) is 4.79 Å². The Morgan fingerprint density at radius 3 is 2.92 bits per heavy atom. The van der Waals surface area contributed by atoms with Crippen LogP contribution in [0.4, 0.5) is 5.82 Å². The summed E-state index contributed by atoms with van der Waals surface area (Å²) in [6.07, 6.45) is 2.96. The number of aliphatic carboxylic acids is 1. The van der Waals surface area contributed by atoms with Crippen LogP contribution in [0.25, 0.3) is 0 Å². The third-order valence-corrected chi connectivity index (χ3v) is 1.80. The normalized spacial score (nSPS) is 12.7. The zero-order valence-electron chi connectivity index (χ0n) is 7.47. The molecule has 0 aromatic carbocycles. The highest BCUT2D eigenvalue weighted by atomic mass is 16.4. The average molecular weight is 183 g/mol. The van der Waals surface area contributed by atoms with E-state index in [0.717, 1.165) is 6.42 Å². The van der Waals surface area contributed by atoms with Crippen molar-refractivity contribution >= 4 is 11.8 Å². The van der Waals surface area contributed by atoms with Crippen LogP contribution < -0.4 is 5.73 Å². The van der Waals surface area contributed by atoms with Gasteiger partial charge in [0.15, 0.2) is 0 Å². The first-order valence-electron chi connectivity index (χ1n) is 4.18. The number of nitrogens with zero attached hydrogens (tertiary/aromatic N) is 2. The van der Waals surface area contributed by atoms with E-state index in [-0.39, 0.29) is 0 Å². The summed E-state index contributed by atoms with van der Waals surface area (Å²) in [5.74, 6) is -0.521.